The maximum absolute atomic E-state index is 5.17. The second kappa shape index (κ2) is 3.02. The van der Waals surface area contributed by atoms with Crippen molar-refractivity contribution in [1.82, 2.24) is 0 Å². The Labute approximate surface area is 57.7 Å². The van der Waals surface area contributed by atoms with Gasteiger partial charge in [0, 0.05) is 7.11 Å². The Morgan fingerprint density at radius 2 is 1.78 bits per heavy atom. The molecular formula is C8H16O. The molecule has 0 aliphatic carbocycles. The van der Waals surface area contributed by atoms with Crippen LogP contribution in [0.15, 0.2) is 11.6 Å². The number of rotatable bonds is 2. The van der Waals surface area contributed by atoms with Gasteiger partial charge in [-0.1, -0.05) is 11.6 Å². The molecule has 0 aliphatic heterocycles. The minimum Gasteiger partial charge on any atom is -0.375 e. The van der Waals surface area contributed by atoms with Crippen LogP contribution in [0, 0.1) is 0 Å². The van der Waals surface area contributed by atoms with E-state index in [0.29, 0.717) is 0 Å². The van der Waals surface area contributed by atoms with Crippen LogP contribution in [0.2, 0.25) is 0 Å². The zero-order chi connectivity index (χ0) is 7.49. The average Bonchev–Trinajstić information content (AvgIpc) is 1.63. The monoisotopic (exact) mass is 128 g/mol. The van der Waals surface area contributed by atoms with Gasteiger partial charge in [0.05, 0.1) is 5.60 Å². The van der Waals surface area contributed by atoms with E-state index >= 15 is 0 Å². The van der Waals surface area contributed by atoms with Crippen LogP contribution >= 0.6 is 0 Å². The molecule has 0 rings (SSSR count). The lowest BCUT2D eigenvalue weighted by molar-refractivity contribution is 0.0649. The Kier molecular flexibility index (Phi) is 2.92. The fourth-order valence-electron chi connectivity index (χ4n) is 0.754. The summed E-state index contributed by atoms with van der Waals surface area (Å²) in [5.74, 6) is 0. The highest BCUT2D eigenvalue weighted by atomic mass is 16.5. The molecule has 0 unspecified atom stereocenters. The highest BCUT2D eigenvalue weighted by Crippen LogP contribution is 2.11. The zero-order valence-electron chi connectivity index (χ0n) is 6.99. The predicted molar refractivity (Wildman–Crippen MR) is 40.5 cm³/mol. The van der Waals surface area contributed by atoms with E-state index in [1.807, 2.05) is 13.8 Å². The van der Waals surface area contributed by atoms with E-state index in [0.717, 1.165) is 0 Å². The summed E-state index contributed by atoms with van der Waals surface area (Å²) < 4.78 is 5.17. The molecule has 0 spiro atoms. The van der Waals surface area contributed by atoms with Crippen molar-refractivity contribution in [2.24, 2.45) is 0 Å². The summed E-state index contributed by atoms with van der Waals surface area (Å²) in [5.41, 5.74) is 1.20. The van der Waals surface area contributed by atoms with Crippen LogP contribution in [0.1, 0.15) is 27.7 Å². The number of allylic oxidation sites excluding steroid dienone is 1. The molecule has 9 heavy (non-hydrogen) atoms. The number of hydrogen-bond acceptors (Lipinski definition) is 1. The normalized spacial score (nSPS) is 11.2. The van der Waals surface area contributed by atoms with E-state index < -0.39 is 0 Å². The standard InChI is InChI=1S/C8H16O/c1-7(2)6-8(3,4)9-5/h6H,1-5H3. The van der Waals surface area contributed by atoms with Gasteiger partial charge in [-0.25, -0.2) is 0 Å². The number of ether oxygens (including phenoxy) is 1. The van der Waals surface area contributed by atoms with Gasteiger partial charge in [-0.15, -0.1) is 0 Å². The van der Waals surface area contributed by atoms with Gasteiger partial charge in [-0.05, 0) is 27.7 Å². The minimum atomic E-state index is -0.0984. The molecule has 0 aromatic heterocycles. The highest BCUT2D eigenvalue weighted by molar-refractivity contribution is 5.03. The first-order chi connectivity index (χ1) is 3.98. The first-order valence-corrected chi connectivity index (χ1v) is 3.19. The third-order valence-corrected chi connectivity index (χ3v) is 1.16. The van der Waals surface area contributed by atoms with Crippen molar-refractivity contribution >= 4 is 0 Å². The SMILES string of the molecule is COC(C)(C)C=C(C)C. The molecule has 0 amide bonds. The molecule has 0 bridgehead atoms. The van der Waals surface area contributed by atoms with E-state index in [2.05, 4.69) is 19.9 Å². The van der Waals surface area contributed by atoms with Gasteiger partial charge in [0.25, 0.3) is 0 Å². The van der Waals surface area contributed by atoms with Crippen molar-refractivity contribution in [3.63, 3.8) is 0 Å². The molecule has 1 heteroatoms. The lowest BCUT2D eigenvalue weighted by Crippen LogP contribution is -2.18. The van der Waals surface area contributed by atoms with E-state index in [1.165, 1.54) is 5.57 Å². The Bertz CT molecular complexity index is 108. The quantitative estimate of drug-likeness (QED) is 0.519. The lowest BCUT2D eigenvalue weighted by Gasteiger charge is -2.18. The Hall–Kier alpha value is -0.300. The average molecular weight is 128 g/mol. The van der Waals surface area contributed by atoms with Crippen molar-refractivity contribution in [3.8, 4) is 0 Å². The molecule has 0 aromatic carbocycles. The van der Waals surface area contributed by atoms with Crippen LogP contribution in [0.25, 0.3) is 0 Å². The molecular weight excluding hydrogens is 112 g/mol. The number of hydrogen-bond donors (Lipinski definition) is 0. The van der Waals surface area contributed by atoms with E-state index in [4.69, 9.17) is 4.74 Å². The first kappa shape index (κ1) is 8.70. The minimum absolute atomic E-state index is 0.0984. The van der Waals surface area contributed by atoms with Gasteiger partial charge in [0.1, 0.15) is 0 Å². The van der Waals surface area contributed by atoms with Crippen molar-refractivity contribution < 1.29 is 4.74 Å². The fourth-order valence-corrected chi connectivity index (χ4v) is 0.754. The Morgan fingerprint density at radius 3 is 1.89 bits per heavy atom. The van der Waals surface area contributed by atoms with E-state index in [-0.39, 0.29) is 5.60 Å². The maximum Gasteiger partial charge on any atom is 0.0805 e. The van der Waals surface area contributed by atoms with Gasteiger partial charge in [0.2, 0.25) is 0 Å². The molecule has 0 fully saturated rings. The summed E-state index contributed by atoms with van der Waals surface area (Å²) in [6.45, 7) is 8.22. The van der Waals surface area contributed by atoms with Crippen molar-refractivity contribution in [2.45, 2.75) is 33.3 Å². The summed E-state index contributed by atoms with van der Waals surface area (Å²) >= 11 is 0. The largest absolute Gasteiger partial charge is 0.375 e. The number of methoxy groups -OCH3 is 1. The van der Waals surface area contributed by atoms with Crippen molar-refractivity contribution in [2.75, 3.05) is 7.11 Å². The molecule has 54 valence electrons. The second-order valence-electron chi connectivity index (χ2n) is 3.03. The molecule has 0 heterocycles. The van der Waals surface area contributed by atoms with E-state index in [9.17, 15) is 0 Å². The van der Waals surface area contributed by atoms with Crippen LogP contribution in [-0.2, 0) is 4.74 Å². The maximum atomic E-state index is 5.17. The second-order valence-corrected chi connectivity index (χ2v) is 3.03. The smallest absolute Gasteiger partial charge is 0.0805 e. The van der Waals surface area contributed by atoms with Crippen LogP contribution in [0.3, 0.4) is 0 Å². The van der Waals surface area contributed by atoms with Crippen molar-refractivity contribution in [1.29, 1.82) is 0 Å². The van der Waals surface area contributed by atoms with Crippen molar-refractivity contribution in [3.05, 3.63) is 11.6 Å². The lowest BCUT2D eigenvalue weighted by atomic mass is 10.1. The van der Waals surface area contributed by atoms with Crippen LogP contribution in [-0.4, -0.2) is 12.7 Å². The summed E-state index contributed by atoms with van der Waals surface area (Å²) in [7, 11) is 1.72. The Morgan fingerprint density at radius 1 is 1.33 bits per heavy atom. The summed E-state index contributed by atoms with van der Waals surface area (Å²) in [5, 5.41) is 0. The summed E-state index contributed by atoms with van der Waals surface area (Å²) in [4.78, 5) is 0. The van der Waals surface area contributed by atoms with Crippen LogP contribution in [0.4, 0.5) is 0 Å². The molecule has 0 radical (unpaired) electrons. The van der Waals surface area contributed by atoms with E-state index in [1.54, 1.807) is 7.11 Å². The topological polar surface area (TPSA) is 9.23 Å². The van der Waals surface area contributed by atoms with Crippen LogP contribution < -0.4 is 0 Å². The Balaban J connectivity index is 4.01. The zero-order valence-corrected chi connectivity index (χ0v) is 6.99. The summed E-state index contributed by atoms with van der Waals surface area (Å²) in [6, 6.07) is 0. The molecule has 0 N–H and O–H groups in total. The van der Waals surface area contributed by atoms with Gasteiger partial charge in [-0.3, -0.25) is 0 Å². The molecule has 0 aromatic rings. The molecule has 0 saturated carbocycles. The third-order valence-electron chi connectivity index (χ3n) is 1.16. The summed E-state index contributed by atoms with van der Waals surface area (Å²) in [6.07, 6.45) is 2.10. The molecule has 0 aliphatic rings. The van der Waals surface area contributed by atoms with Gasteiger partial charge >= 0.3 is 0 Å². The van der Waals surface area contributed by atoms with Crippen LogP contribution in [0.5, 0.6) is 0 Å². The predicted octanol–water partition coefficient (Wildman–Crippen LogP) is 2.38. The molecule has 1 nitrogen and oxygen atoms in total. The first-order valence-electron chi connectivity index (χ1n) is 3.19. The highest BCUT2D eigenvalue weighted by Gasteiger charge is 2.10. The fraction of sp³-hybridized carbons (Fsp3) is 0.750. The van der Waals surface area contributed by atoms with Gasteiger partial charge < -0.3 is 4.74 Å². The third kappa shape index (κ3) is 4.22. The van der Waals surface area contributed by atoms with Gasteiger partial charge in [0.15, 0.2) is 0 Å². The molecule has 0 saturated heterocycles. The van der Waals surface area contributed by atoms with Gasteiger partial charge in [-0.2, -0.15) is 0 Å². The molecule has 0 atom stereocenters.